The lowest BCUT2D eigenvalue weighted by Crippen LogP contribution is -2.29. The molecule has 5 rings (SSSR count). The molecule has 1 atom stereocenters. The highest BCUT2D eigenvalue weighted by atomic mass is 32.2. The summed E-state index contributed by atoms with van der Waals surface area (Å²) in [7, 11) is 0. The van der Waals surface area contributed by atoms with E-state index in [0.717, 1.165) is 5.56 Å². The first-order valence-electron chi connectivity index (χ1n) is 10.8. The summed E-state index contributed by atoms with van der Waals surface area (Å²) < 4.78 is 0.676. The number of anilines is 1. The van der Waals surface area contributed by atoms with Crippen LogP contribution in [0.4, 0.5) is 5.13 Å². The van der Waals surface area contributed by atoms with Crippen LogP contribution < -0.4 is 4.90 Å². The van der Waals surface area contributed by atoms with E-state index in [2.05, 4.69) is 39.4 Å². The molecule has 3 heterocycles. The Morgan fingerprint density at radius 1 is 1.03 bits per heavy atom. The standard InChI is InChI=1S/C26H20N4O3S2/c1-16-9-11-17(12-10-16)15-34-26-29-28-25(35-26)30-21(19-8-5-13-27-14-19)20(23(32)24(30)33)22(31)18-6-3-2-4-7-18/h2-14,21,31H,15H2,1H3/b22-20-. The molecule has 0 radical (unpaired) electrons. The first-order valence-corrected chi connectivity index (χ1v) is 12.6. The minimum absolute atomic E-state index is 0.00161. The van der Waals surface area contributed by atoms with Gasteiger partial charge in [0.25, 0.3) is 5.78 Å². The average molecular weight is 501 g/mol. The van der Waals surface area contributed by atoms with Crippen molar-refractivity contribution in [1.29, 1.82) is 0 Å². The number of benzene rings is 2. The zero-order valence-corrected chi connectivity index (χ0v) is 20.3. The van der Waals surface area contributed by atoms with E-state index in [0.29, 0.717) is 26.4 Å². The van der Waals surface area contributed by atoms with Gasteiger partial charge in [-0.15, -0.1) is 10.2 Å². The number of hydrogen-bond acceptors (Lipinski definition) is 8. The van der Waals surface area contributed by atoms with E-state index in [1.807, 2.05) is 13.0 Å². The molecule has 1 amide bonds. The Labute approximate surface area is 210 Å². The van der Waals surface area contributed by atoms with Crippen molar-refractivity contribution in [3.05, 3.63) is 107 Å². The monoisotopic (exact) mass is 500 g/mol. The van der Waals surface area contributed by atoms with Gasteiger partial charge in [0.1, 0.15) is 5.76 Å². The number of thioether (sulfide) groups is 1. The Bertz CT molecular complexity index is 1400. The van der Waals surface area contributed by atoms with Gasteiger partial charge in [0.2, 0.25) is 5.13 Å². The highest BCUT2D eigenvalue weighted by molar-refractivity contribution is 8.00. The lowest BCUT2D eigenvalue weighted by molar-refractivity contribution is -0.132. The van der Waals surface area contributed by atoms with Crippen molar-refractivity contribution in [3.8, 4) is 0 Å². The summed E-state index contributed by atoms with van der Waals surface area (Å²) in [4.78, 5) is 31.8. The maximum absolute atomic E-state index is 13.2. The molecule has 2 aromatic carbocycles. The maximum Gasteiger partial charge on any atom is 0.301 e. The molecule has 1 saturated heterocycles. The van der Waals surface area contributed by atoms with E-state index in [9.17, 15) is 14.7 Å². The third kappa shape index (κ3) is 4.60. The summed E-state index contributed by atoms with van der Waals surface area (Å²) in [6, 6.07) is 19.6. The van der Waals surface area contributed by atoms with Crippen LogP contribution in [-0.2, 0) is 15.3 Å². The molecule has 1 N–H and O–H groups in total. The second-order valence-electron chi connectivity index (χ2n) is 7.95. The van der Waals surface area contributed by atoms with Gasteiger partial charge in [-0.2, -0.15) is 0 Å². The van der Waals surface area contributed by atoms with Crippen LogP contribution >= 0.6 is 23.1 Å². The Hall–Kier alpha value is -3.82. The average Bonchev–Trinajstić information content (AvgIpc) is 3.46. The number of aromatic nitrogens is 3. The summed E-state index contributed by atoms with van der Waals surface area (Å²) in [6.45, 7) is 2.04. The molecule has 1 aliphatic heterocycles. The van der Waals surface area contributed by atoms with Gasteiger partial charge in [-0.05, 0) is 24.1 Å². The largest absolute Gasteiger partial charge is 0.507 e. The van der Waals surface area contributed by atoms with E-state index >= 15 is 0 Å². The number of aliphatic hydroxyl groups is 1. The molecular weight excluding hydrogens is 480 g/mol. The van der Waals surface area contributed by atoms with Crippen LogP contribution in [0.3, 0.4) is 0 Å². The van der Waals surface area contributed by atoms with Crippen LogP contribution in [0.15, 0.2) is 89.0 Å². The minimum atomic E-state index is -0.869. The van der Waals surface area contributed by atoms with Crippen LogP contribution in [0.1, 0.15) is 28.3 Å². The Morgan fingerprint density at radius 2 is 1.80 bits per heavy atom. The number of amides is 1. The smallest absolute Gasteiger partial charge is 0.301 e. The fourth-order valence-corrected chi connectivity index (χ4v) is 5.65. The summed E-state index contributed by atoms with van der Waals surface area (Å²) in [5, 5.41) is 19.8. The molecule has 0 saturated carbocycles. The lowest BCUT2D eigenvalue weighted by atomic mass is 9.96. The van der Waals surface area contributed by atoms with Crippen LogP contribution in [0, 0.1) is 6.92 Å². The second kappa shape index (κ2) is 9.81. The lowest BCUT2D eigenvalue weighted by Gasteiger charge is -2.22. The van der Waals surface area contributed by atoms with Gasteiger partial charge in [0.15, 0.2) is 4.34 Å². The highest BCUT2D eigenvalue weighted by Crippen LogP contribution is 2.43. The quantitative estimate of drug-likeness (QED) is 0.128. The summed E-state index contributed by atoms with van der Waals surface area (Å²) in [5.41, 5.74) is 3.38. The van der Waals surface area contributed by atoms with Crippen LogP contribution in [0.5, 0.6) is 0 Å². The molecule has 9 heteroatoms. The van der Waals surface area contributed by atoms with Gasteiger partial charge in [-0.1, -0.05) is 89.3 Å². The zero-order valence-electron chi connectivity index (χ0n) is 18.7. The van der Waals surface area contributed by atoms with Crippen molar-refractivity contribution in [2.75, 3.05) is 4.90 Å². The van der Waals surface area contributed by atoms with E-state index in [1.54, 1.807) is 48.8 Å². The molecule has 4 aromatic rings. The Balaban J connectivity index is 1.51. The van der Waals surface area contributed by atoms with Gasteiger partial charge in [0.05, 0.1) is 11.6 Å². The molecular formula is C26H20N4O3S2. The van der Waals surface area contributed by atoms with E-state index in [1.165, 1.54) is 33.6 Å². The van der Waals surface area contributed by atoms with Crippen molar-refractivity contribution in [2.24, 2.45) is 0 Å². The molecule has 0 aliphatic carbocycles. The van der Waals surface area contributed by atoms with E-state index in [4.69, 9.17) is 0 Å². The van der Waals surface area contributed by atoms with Crippen LogP contribution in [0.25, 0.3) is 5.76 Å². The predicted octanol–water partition coefficient (Wildman–Crippen LogP) is 5.16. The molecule has 7 nitrogen and oxygen atoms in total. The third-order valence-electron chi connectivity index (χ3n) is 5.58. The molecule has 1 aliphatic rings. The minimum Gasteiger partial charge on any atom is -0.507 e. The number of rotatable bonds is 6. The van der Waals surface area contributed by atoms with Crippen molar-refractivity contribution in [3.63, 3.8) is 0 Å². The number of Topliss-reactive ketones (excluding diaryl/α,β-unsaturated/α-hetero) is 1. The predicted molar refractivity (Wildman–Crippen MR) is 136 cm³/mol. The third-order valence-corrected chi connectivity index (χ3v) is 7.70. The normalized spacial score (nSPS) is 17.2. The fourth-order valence-electron chi connectivity index (χ4n) is 3.82. The first-order chi connectivity index (χ1) is 17.0. The van der Waals surface area contributed by atoms with Gasteiger partial charge < -0.3 is 5.11 Å². The molecule has 1 unspecified atom stereocenters. The molecule has 2 aromatic heterocycles. The highest BCUT2D eigenvalue weighted by Gasteiger charge is 2.48. The number of carbonyl (C=O) groups is 2. The van der Waals surface area contributed by atoms with Crippen molar-refractivity contribution >= 4 is 45.7 Å². The molecule has 0 bridgehead atoms. The van der Waals surface area contributed by atoms with Crippen molar-refractivity contribution in [1.82, 2.24) is 15.2 Å². The van der Waals surface area contributed by atoms with Crippen molar-refractivity contribution < 1.29 is 14.7 Å². The first kappa shape index (κ1) is 22.9. The maximum atomic E-state index is 13.2. The van der Waals surface area contributed by atoms with Crippen molar-refractivity contribution in [2.45, 2.75) is 23.1 Å². The number of aryl methyl sites for hydroxylation is 1. The second-order valence-corrected chi connectivity index (χ2v) is 10.1. The summed E-state index contributed by atoms with van der Waals surface area (Å²) >= 11 is 2.75. The topological polar surface area (TPSA) is 96.3 Å². The van der Waals surface area contributed by atoms with E-state index < -0.39 is 17.7 Å². The zero-order chi connectivity index (χ0) is 24.4. The van der Waals surface area contributed by atoms with Gasteiger partial charge >= 0.3 is 5.91 Å². The van der Waals surface area contributed by atoms with Gasteiger partial charge in [0, 0.05) is 23.7 Å². The fraction of sp³-hybridized carbons (Fsp3) is 0.115. The number of hydrogen-bond donors (Lipinski definition) is 1. The molecule has 1 fully saturated rings. The van der Waals surface area contributed by atoms with Gasteiger partial charge in [-0.25, -0.2) is 0 Å². The SMILES string of the molecule is Cc1ccc(CSc2nnc(N3C(=O)C(=O)/C(=C(\O)c4ccccc4)C3c3cccnc3)s2)cc1. The van der Waals surface area contributed by atoms with Crippen LogP contribution in [-0.4, -0.2) is 32.0 Å². The number of carbonyl (C=O) groups excluding carboxylic acids is 2. The van der Waals surface area contributed by atoms with Crippen LogP contribution in [0.2, 0.25) is 0 Å². The number of aliphatic hydroxyl groups excluding tert-OH is 1. The van der Waals surface area contributed by atoms with Gasteiger partial charge in [-0.3, -0.25) is 19.5 Å². The molecule has 174 valence electrons. The summed E-state index contributed by atoms with van der Waals surface area (Å²) in [5.74, 6) is -1.07. The molecule has 0 spiro atoms. The number of ketones is 1. The Morgan fingerprint density at radius 3 is 2.51 bits per heavy atom. The van der Waals surface area contributed by atoms with E-state index in [-0.39, 0.29) is 11.3 Å². The summed E-state index contributed by atoms with van der Waals surface area (Å²) in [6.07, 6.45) is 3.19. The number of nitrogens with zero attached hydrogens (tertiary/aromatic N) is 4. The molecule has 35 heavy (non-hydrogen) atoms. The Kier molecular flexibility index (Phi) is 6.43. The number of pyridine rings is 1.